The van der Waals surface area contributed by atoms with E-state index in [1.165, 1.54) is 17.7 Å². The van der Waals surface area contributed by atoms with Crippen LogP contribution >= 0.6 is 0 Å². The molecule has 0 aliphatic heterocycles. The first-order chi connectivity index (χ1) is 17.3. The largest absolute Gasteiger partial charge is 0.496 e. The summed E-state index contributed by atoms with van der Waals surface area (Å²) in [4.78, 5) is 23.7. The van der Waals surface area contributed by atoms with E-state index in [2.05, 4.69) is 26.0 Å². The Labute approximate surface area is 208 Å². The van der Waals surface area contributed by atoms with Crippen molar-refractivity contribution in [2.75, 3.05) is 14.2 Å². The summed E-state index contributed by atoms with van der Waals surface area (Å²) in [5.41, 5.74) is 2.96. The fourth-order valence-electron chi connectivity index (χ4n) is 5.09. The quantitative estimate of drug-likeness (QED) is 0.239. The molecular weight excluding hydrogens is 456 g/mol. The van der Waals surface area contributed by atoms with Crippen molar-refractivity contribution in [3.05, 3.63) is 98.2 Å². The maximum Gasteiger partial charge on any atom is 0.336 e. The van der Waals surface area contributed by atoms with E-state index in [1.54, 1.807) is 32.4 Å². The molecule has 6 nitrogen and oxygen atoms in total. The highest BCUT2D eigenvalue weighted by atomic mass is 16.5. The van der Waals surface area contributed by atoms with Crippen LogP contribution < -0.4 is 20.7 Å². The van der Waals surface area contributed by atoms with Gasteiger partial charge in [-0.05, 0) is 55.5 Å². The Hall–Kier alpha value is -4.06. The molecule has 2 atom stereocenters. The molecule has 0 bridgehead atoms. The van der Waals surface area contributed by atoms with Gasteiger partial charge >= 0.3 is 11.3 Å². The van der Waals surface area contributed by atoms with E-state index < -0.39 is 11.3 Å². The van der Waals surface area contributed by atoms with Crippen LogP contribution in [0, 0.1) is 5.41 Å². The molecule has 36 heavy (non-hydrogen) atoms. The second kappa shape index (κ2) is 9.19. The number of rotatable bonds is 5. The molecule has 4 aromatic rings. The third-order valence-corrected chi connectivity index (χ3v) is 7.17. The minimum atomic E-state index is -0.404. The first-order valence-corrected chi connectivity index (χ1v) is 11.9. The molecule has 0 spiro atoms. The number of allylic oxidation sites excluding steroid dienone is 3. The molecule has 2 heterocycles. The predicted molar refractivity (Wildman–Crippen MR) is 141 cm³/mol. The molecule has 0 radical (unpaired) electrons. The lowest BCUT2D eigenvalue weighted by Gasteiger charge is -2.38. The van der Waals surface area contributed by atoms with Crippen molar-refractivity contribution < 1.29 is 18.3 Å². The molecule has 0 saturated carbocycles. The summed E-state index contributed by atoms with van der Waals surface area (Å²) in [6.07, 6.45) is 8.34. The molecular formula is C30H28O6. The van der Waals surface area contributed by atoms with Crippen LogP contribution in [0.3, 0.4) is 0 Å². The zero-order chi connectivity index (χ0) is 25.4. The number of benzene rings is 2. The van der Waals surface area contributed by atoms with Crippen molar-refractivity contribution >= 4 is 28.0 Å². The lowest BCUT2D eigenvalue weighted by Crippen LogP contribution is -2.26. The van der Waals surface area contributed by atoms with Gasteiger partial charge in [-0.25, -0.2) is 9.59 Å². The normalized spacial score (nSPS) is 20.1. The van der Waals surface area contributed by atoms with Crippen molar-refractivity contribution in [1.82, 2.24) is 0 Å². The highest BCUT2D eigenvalue weighted by Crippen LogP contribution is 2.50. The van der Waals surface area contributed by atoms with Gasteiger partial charge in [0.1, 0.15) is 22.7 Å². The fraction of sp³-hybridized carbons (Fsp3) is 0.267. The van der Waals surface area contributed by atoms with E-state index >= 15 is 0 Å². The van der Waals surface area contributed by atoms with E-state index in [4.69, 9.17) is 18.3 Å². The van der Waals surface area contributed by atoms with Gasteiger partial charge < -0.3 is 18.3 Å². The SMILES string of the molecule is COc1cc2oc(=O)ccc2cc1[C@@H]1C=C(C)CC[C@]1(C)C=Cc1c(OC)ccc2ccc(=O)oc12. The van der Waals surface area contributed by atoms with Crippen LogP contribution in [-0.2, 0) is 0 Å². The second-order valence-corrected chi connectivity index (χ2v) is 9.57. The molecule has 0 unspecified atom stereocenters. The van der Waals surface area contributed by atoms with Crippen LogP contribution in [-0.4, -0.2) is 14.2 Å². The van der Waals surface area contributed by atoms with Gasteiger partial charge in [-0.15, -0.1) is 0 Å². The monoisotopic (exact) mass is 484 g/mol. The zero-order valence-corrected chi connectivity index (χ0v) is 20.8. The van der Waals surface area contributed by atoms with Crippen LogP contribution in [0.4, 0.5) is 0 Å². The molecule has 1 aliphatic carbocycles. The summed E-state index contributed by atoms with van der Waals surface area (Å²) in [5, 5.41) is 1.67. The maximum atomic E-state index is 12.0. The smallest absolute Gasteiger partial charge is 0.336 e. The number of hydrogen-bond donors (Lipinski definition) is 0. The van der Waals surface area contributed by atoms with Crippen molar-refractivity contribution in [3.8, 4) is 11.5 Å². The van der Waals surface area contributed by atoms with E-state index in [1.807, 2.05) is 24.3 Å². The van der Waals surface area contributed by atoms with Crippen molar-refractivity contribution in [2.45, 2.75) is 32.6 Å². The summed E-state index contributed by atoms with van der Waals surface area (Å²) >= 11 is 0. The first kappa shape index (κ1) is 23.7. The molecule has 0 amide bonds. The molecule has 2 aromatic heterocycles. The van der Waals surface area contributed by atoms with Crippen LogP contribution in [0.5, 0.6) is 11.5 Å². The van der Waals surface area contributed by atoms with Gasteiger partial charge in [0.15, 0.2) is 0 Å². The van der Waals surface area contributed by atoms with Gasteiger partial charge in [-0.2, -0.15) is 0 Å². The summed E-state index contributed by atoms with van der Waals surface area (Å²) < 4.78 is 22.3. The molecule has 5 rings (SSSR count). The summed E-state index contributed by atoms with van der Waals surface area (Å²) in [6, 6.07) is 14.0. The topological polar surface area (TPSA) is 78.9 Å². The number of fused-ring (bicyclic) bond motifs is 2. The molecule has 6 heteroatoms. The molecule has 0 saturated heterocycles. The van der Waals surface area contributed by atoms with Gasteiger partial charge in [-0.3, -0.25) is 0 Å². The Bertz CT molecular complexity index is 1640. The number of methoxy groups -OCH3 is 2. The Morgan fingerprint density at radius 3 is 2.36 bits per heavy atom. The van der Waals surface area contributed by atoms with E-state index in [0.29, 0.717) is 22.7 Å². The summed E-state index contributed by atoms with van der Waals surface area (Å²) in [5.74, 6) is 1.30. The van der Waals surface area contributed by atoms with E-state index in [9.17, 15) is 9.59 Å². The fourth-order valence-corrected chi connectivity index (χ4v) is 5.09. The average Bonchev–Trinajstić information content (AvgIpc) is 2.88. The van der Waals surface area contributed by atoms with Crippen LogP contribution in [0.1, 0.15) is 43.7 Å². The lowest BCUT2D eigenvalue weighted by atomic mass is 9.66. The van der Waals surface area contributed by atoms with E-state index in [0.717, 1.165) is 34.7 Å². The standard InChI is InChI=1S/C30H28O6/c1-18-11-13-30(2,14-12-21-24(33-3)8-5-19-6-9-28(32)36-29(19)21)23(15-18)22-16-20-7-10-27(31)35-25(20)17-26(22)34-4/h5-10,12,14-17,23H,11,13H2,1-4H3/t23-,30+/m0/s1. The Morgan fingerprint density at radius 1 is 0.917 bits per heavy atom. The zero-order valence-electron chi connectivity index (χ0n) is 20.8. The average molecular weight is 485 g/mol. The molecule has 2 aromatic carbocycles. The van der Waals surface area contributed by atoms with Gasteiger partial charge in [0.05, 0.1) is 19.8 Å². The molecule has 0 fully saturated rings. The summed E-state index contributed by atoms with van der Waals surface area (Å²) in [6.45, 7) is 4.37. The third kappa shape index (κ3) is 4.24. The highest BCUT2D eigenvalue weighted by Gasteiger charge is 2.36. The minimum absolute atomic E-state index is 0.00163. The Kier molecular flexibility index (Phi) is 6.04. The van der Waals surface area contributed by atoms with Crippen molar-refractivity contribution in [3.63, 3.8) is 0 Å². The predicted octanol–water partition coefficient (Wildman–Crippen LogP) is 6.46. The number of ether oxygens (including phenoxy) is 2. The summed E-state index contributed by atoms with van der Waals surface area (Å²) in [7, 11) is 3.23. The second-order valence-electron chi connectivity index (χ2n) is 9.57. The lowest BCUT2D eigenvalue weighted by molar-refractivity contribution is 0.322. The molecule has 184 valence electrons. The third-order valence-electron chi connectivity index (χ3n) is 7.17. The Morgan fingerprint density at radius 2 is 1.61 bits per heavy atom. The minimum Gasteiger partial charge on any atom is -0.496 e. The van der Waals surface area contributed by atoms with Gasteiger partial charge in [0.25, 0.3) is 0 Å². The van der Waals surface area contributed by atoms with Crippen LogP contribution in [0.2, 0.25) is 0 Å². The first-order valence-electron chi connectivity index (χ1n) is 11.9. The maximum absolute atomic E-state index is 12.0. The van der Waals surface area contributed by atoms with Crippen molar-refractivity contribution in [2.24, 2.45) is 5.41 Å². The molecule has 0 N–H and O–H groups in total. The highest BCUT2D eigenvalue weighted by molar-refractivity contribution is 5.88. The number of hydrogen-bond acceptors (Lipinski definition) is 6. The van der Waals surface area contributed by atoms with Gasteiger partial charge in [0, 0.05) is 40.5 Å². The van der Waals surface area contributed by atoms with Crippen LogP contribution in [0.15, 0.2) is 84.7 Å². The van der Waals surface area contributed by atoms with Gasteiger partial charge in [0.2, 0.25) is 0 Å². The van der Waals surface area contributed by atoms with Gasteiger partial charge in [-0.1, -0.05) is 30.7 Å². The Balaban J connectivity index is 1.66. The van der Waals surface area contributed by atoms with Crippen LogP contribution in [0.25, 0.3) is 28.0 Å². The van der Waals surface area contributed by atoms with E-state index in [-0.39, 0.29) is 11.3 Å². The molecule has 1 aliphatic rings. The van der Waals surface area contributed by atoms with Crippen molar-refractivity contribution in [1.29, 1.82) is 0 Å².